The summed E-state index contributed by atoms with van der Waals surface area (Å²) in [5, 5.41) is 23.6. The smallest absolute Gasteiger partial charge is 0.407 e. The van der Waals surface area contributed by atoms with Gasteiger partial charge in [-0.1, -0.05) is 47.0 Å². The molecule has 0 aliphatic heterocycles. The number of hydrogen-bond acceptors (Lipinski definition) is 8. The van der Waals surface area contributed by atoms with E-state index in [9.17, 15) is 33.9 Å². The van der Waals surface area contributed by atoms with Gasteiger partial charge < -0.3 is 30.3 Å². The van der Waals surface area contributed by atoms with Crippen molar-refractivity contribution in [1.29, 1.82) is 0 Å². The second-order valence-corrected chi connectivity index (χ2v) is 13.9. The van der Waals surface area contributed by atoms with E-state index in [2.05, 4.69) is 10.6 Å². The van der Waals surface area contributed by atoms with Gasteiger partial charge in [0.1, 0.15) is 22.8 Å². The third kappa shape index (κ3) is 25.1. The zero-order chi connectivity index (χ0) is 36.1. The maximum Gasteiger partial charge on any atom is 0.407 e. The Balaban J connectivity index is 0. The van der Waals surface area contributed by atoms with Gasteiger partial charge >= 0.3 is 24.1 Å². The highest BCUT2D eigenvalue weighted by atomic mass is 16.6. The number of carbonyl (C=O) groups is 6. The van der Waals surface area contributed by atoms with Crippen molar-refractivity contribution in [2.45, 2.75) is 145 Å². The zero-order valence-corrected chi connectivity index (χ0v) is 30.0. The SMILES string of the molecule is CCC(C)[C@H](CC(=O)CCCCCNC(=O)OC(C)(C)C)C(=O)O.CCC(C)[C@H](CC(=O)CCCNC(=O)OC(C)(C)C)C(=O)O. The summed E-state index contributed by atoms with van der Waals surface area (Å²) in [6, 6.07) is 0. The molecule has 4 N–H and O–H groups in total. The first-order valence-corrected chi connectivity index (χ1v) is 16.6. The van der Waals surface area contributed by atoms with E-state index >= 15 is 0 Å². The molecule has 0 aliphatic rings. The fourth-order valence-electron chi connectivity index (χ4n) is 4.25. The van der Waals surface area contributed by atoms with Crippen molar-refractivity contribution < 1.29 is 48.5 Å². The van der Waals surface area contributed by atoms with Crippen LogP contribution in [0.2, 0.25) is 0 Å². The lowest BCUT2D eigenvalue weighted by atomic mass is 9.87. The number of carbonyl (C=O) groups excluding carboxylic acids is 4. The highest BCUT2D eigenvalue weighted by Crippen LogP contribution is 2.22. The summed E-state index contributed by atoms with van der Waals surface area (Å²) < 4.78 is 10.2. The summed E-state index contributed by atoms with van der Waals surface area (Å²) in [5.74, 6) is -3.13. The molecule has 0 radical (unpaired) electrons. The highest BCUT2D eigenvalue weighted by molar-refractivity contribution is 5.84. The van der Waals surface area contributed by atoms with Crippen molar-refractivity contribution in [1.82, 2.24) is 10.6 Å². The van der Waals surface area contributed by atoms with Gasteiger partial charge in [-0.2, -0.15) is 0 Å². The third-order valence-electron chi connectivity index (χ3n) is 7.29. The van der Waals surface area contributed by atoms with Crippen molar-refractivity contribution in [2.24, 2.45) is 23.7 Å². The summed E-state index contributed by atoms with van der Waals surface area (Å²) in [6.07, 6.45) is 4.11. The van der Waals surface area contributed by atoms with E-state index < -0.39 is 47.2 Å². The van der Waals surface area contributed by atoms with Crippen molar-refractivity contribution in [2.75, 3.05) is 13.1 Å². The van der Waals surface area contributed by atoms with Crippen LogP contribution in [0.5, 0.6) is 0 Å². The molecule has 0 aliphatic carbocycles. The predicted molar refractivity (Wildman–Crippen MR) is 177 cm³/mol. The first kappa shape index (κ1) is 44.9. The minimum atomic E-state index is -0.922. The van der Waals surface area contributed by atoms with Gasteiger partial charge in [0.15, 0.2) is 0 Å². The number of amides is 2. The van der Waals surface area contributed by atoms with Crippen molar-refractivity contribution in [3.8, 4) is 0 Å². The fourth-order valence-corrected chi connectivity index (χ4v) is 4.25. The molecule has 0 aromatic heterocycles. The summed E-state index contributed by atoms with van der Waals surface area (Å²) >= 11 is 0. The van der Waals surface area contributed by atoms with Crippen LogP contribution in [0.15, 0.2) is 0 Å². The van der Waals surface area contributed by atoms with Crippen LogP contribution in [0, 0.1) is 23.7 Å². The quantitative estimate of drug-likeness (QED) is 0.102. The lowest BCUT2D eigenvalue weighted by molar-refractivity contribution is -0.146. The molecular weight excluding hydrogens is 596 g/mol. The van der Waals surface area contributed by atoms with Crippen LogP contribution in [0.25, 0.3) is 0 Å². The van der Waals surface area contributed by atoms with Crippen LogP contribution in [0.3, 0.4) is 0 Å². The molecule has 12 nitrogen and oxygen atoms in total. The Morgan fingerprint density at radius 1 is 0.587 bits per heavy atom. The molecular formula is C34H62N2O10. The maximum absolute atomic E-state index is 11.9. The predicted octanol–water partition coefficient (Wildman–Crippen LogP) is 6.78. The number of Topliss-reactive ketones (excluding diaryl/α,β-unsaturated/α-hetero) is 2. The summed E-state index contributed by atoms with van der Waals surface area (Å²) in [4.78, 5) is 69.0. The second-order valence-electron chi connectivity index (χ2n) is 13.9. The number of ether oxygens (including phenoxy) is 2. The van der Waals surface area contributed by atoms with Gasteiger partial charge in [0.2, 0.25) is 0 Å². The molecule has 4 atom stereocenters. The summed E-state index contributed by atoms with van der Waals surface area (Å²) in [7, 11) is 0. The molecule has 0 saturated heterocycles. The maximum atomic E-state index is 11.9. The molecule has 0 aromatic carbocycles. The van der Waals surface area contributed by atoms with E-state index in [-0.39, 0.29) is 42.7 Å². The Morgan fingerprint density at radius 3 is 1.26 bits per heavy atom. The zero-order valence-electron chi connectivity index (χ0n) is 30.0. The van der Waals surface area contributed by atoms with Gasteiger partial charge in [0, 0.05) is 38.8 Å². The fraction of sp³-hybridized carbons (Fsp3) is 0.824. The Labute approximate surface area is 276 Å². The van der Waals surface area contributed by atoms with E-state index in [1.54, 1.807) is 20.8 Å². The van der Waals surface area contributed by atoms with E-state index in [0.29, 0.717) is 32.4 Å². The number of alkyl carbamates (subject to hydrolysis) is 2. The normalized spacial score (nSPS) is 14.0. The van der Waals surface area contributed by atoms with Crippen LogP contribution in [0.4, 0.5) is 9.59 Å². The van der Waals surface area contributed by atoms with Crippen molar-refractivity contribution in [3.63, 3.8) is 0 Å². The molecule has 0 spiro atoms. The molecule has 268 valence electrons. The second kappa shape index (κ2) is 23.2. The van der Waals surface area contributed by atoms with Gasteiger partial charge in [-0.3, -0.25) is 19.2 Å². The van der Waals surface area contributed by atoms with E-state index in [1.165, 1.54) is 0 Å². The molecule has 0 bridgehead atoms. The van der Waals surface area contributed by atoms with Crippen LogP contribution < -0.4 is 10.6 Å². The Morgan fingerprint density at radius 2 is 0.935 bits per heavy atom. The average Bonchev–Trinajstić information content (AvgIpc) is 2.91. The molecule has 12 heteroatoms. The Hall–Kier alpha value is -3.18. The first-order valence-electron chi connectivity index (χ1n) is 16.6. The van der Waals surface area contributed by atoms with Crippen LogP contribution in [-0.2, 0) is 28.7 Å². The van der Waals surface area contributed by atoms with Gasteiger partial charge in [-0.25, -0.2) is 9.59 Å². The molecule has 0 saturated carbocycles. The van der Waals surface area contributed by atoms with E-state index in [0.717, 1.165) is 25.7 Å². The summed E-state index contributed by atoms with van der Waals surface area (Å²) in [6.45, 7) is 19.1. The van der Waals surface area contributed by atoms with E-state index in [1.807, 2.05) is 48.5 Å². The lowest BCUT2D eigenvalue weighted by Crippen LogP contribution is -2.33. The lowest BCUT2D eigenvalue weighted by Gasteiger charge is -2.19. The number of hydrogen-bond donors (Lipinski definition) is 4. The third-order valence-corrected chi connectivity index (χ3v) is 7.29. The first-order chi connectivity index (χ1) is 21.1. The largest absolute Gasteiger partial charge is 0.481 e. The molecule has 0 rings (SSSR count). The van der Waals surface area contributed by atoms with Crippen molar-refractivity contribution in [3.05, 3.63) is 0 Å². The topological polar surface area (TPSA) is 185 Å². The molecule has 2 unspecified atom stereocenters. The number of nitrogens with one attached hydrogen (secondary N) is 2. The Bertz CT molecular complexity index is 953. The summed E-state index contributed by atoms with van der Waals surface area (Å²) in [5.41, 5.74) is -1.06. The minimum Gasteiger partial charge on any atom is -0.481 e. The van der Waals surface area contributed by atoms with E-state index in [4.69, 9.17) is 14.6 Å². The molecule has 0 fully saturated rings. The molecule has 0 aromatic rings. The van der Waals surface area contributed by atoms with Gasteiger partial charge in [0.25, 0.3) is 0 Å². The van der Waals surface area contributed by atoms with Gasteiger partial charge in [0.05, 0.1) is 11.8 Å². The number of unbranched alkanes of at least 4 members (excludes halogenated alkanes) is 2. The molecule has 2 amide bonds. The van der Waals surface area contributed by atoms with Gasteiger partial charge in [-0.05, 0) is 72.6 Å². The number of carboxylic acid groups (broad SMARTS) is 2. The monoisotopic (exact) mass is 658 g/mol. The average molecular weight is 659 g/mol. The van der Waals surface area contributed by atoms with Crippen LogP contribution >= 0.6 is 0 Å². The number of ketones is 2. The highest BCUT2D eigenvalue weighted by Gasteiger charge is 2.27. The van der Waals surface area contributed by atoms with Crippen LogP contribution in [-0.4, -0.2) is 70.2 Å². The standard InChI is InChI=1S/C18H33NO5.C16H29NO5/c1-6-13(2)15(16(21)22)12-14(20)10-8-7-9-11-19-17(23)24-18(3,4)5;1-6-11(2)13(14(19)20)10-12(18)8-7-9-17-15(21)22-16(3,4)5/h13,15H,6-12H2,1-5H3,(H,19,23)(H,21,22);11,13H,6-10H2,1-5H3,(H,17,21)(H,19,20)/t13?,15-;11?,13-/m00/s1. The number of carboxylic acids is 2. The number of rotatable bonds is 20. The molecule has 46 heavy (non-hydrogen) atoms. The van der Waals surface area contributed by atoms with Crippen molar-refractivity contribution >= 4 is 35.7 Å². The van der Waals surface area contributed by atoms with Crippen LogP contribution in [0.1, 0.15) is 133 Å². The Kier molecular flexibility index (Phi) is 22.7. The number of aliphatic carboxylic acids is 2. The molecule has 0 heterocycles. The van der Waals surface area contributed by atoms with Gasteiger partial charge in [-0.15, -0.1) is 0 Å². The minimum absolute atomic E-state index is 0.00259.